The number of nitrogens with one attached hydrogen (secondary N) is 1. The zero-order chi connectivity index (χ0) is 20.9. The van der Waals surface area contributed by atoms with Crippen LogP contribution in [-0.4, -0.2) is 35.2 Å². The molecule has 0 bridgehead atoms. The van der Waals surface area contributed by atoms with Crippen LogP contribution in [0.2, 0.25) is 0 Å². The molecule has 0 spiro atoms. The number of hydrogen-bond donors (Lipinski definition) is 2. The molecule has 1 amide bonds. The second kappa shape index (κ2) is 6.76. The van der Waals surface area contributed by atoms with Gasteiger partial charge in [-0.2, -0.15) is 13.2 Å². The lowest BCUT2D eigenvalue weighted by atomic mass is 9.54. The summed E-state index contributed by atoms with van der Waals surface area (Å²) >= 11 is 0. The summed E-state index contributed by atoms with van der Waals surface area (Å²) < 4.78 is 43.6. The second-order valence-corrected chi connectivity index (χ2v) is 8.14. The van der Waals surface area contributed by atoms with Crippen molar-refractivity contribution in [2.75, 3.05) is 6.61 Å². The Balaban J connectivity index is 1.68. The largest absolute Gasteiger partial charge is 0.479 e. The molecule has 0 aliphatic heterocycles. The predicted octanol–water partition coefficient (Wildman–Crippen LogP) is 3.58. The Kier molecular flexibility index (Phi) is 4.98. The van der Waals surface area contributed by atoms with Gasteiger partial charge in [-0.15, -0.1) is 0 Å². The van der Waals surface area contributed by atoms with Crippen molar-refractivity contribution in [1.29, 1.82) is 0 Å². The molecule has 2 N–H and O–H groups in total. The summed E-state index contributed by atoms with van der Waals surface area (Å²) in [6, 6.07) is 4.77. The van der Waals surface area contributed by atoms with E-state index in [-0.39, 0.29) is 24.3 Å². The van der Waals surface area contributed by atoms with Crippen LogP contribution in [0.1, 0.15) is 50.7 Å². The zero-order valence-corrected chi connectivity index (χ0v) is 16.0. The number of carbonyl (C=O) groups excluding carboxylic acids is 1. The van der Waals surface area contributed by atoms with Crippen molar-refractivity contribution in [2.45, 2.75) is 57.3 Å². The third-order valence-corrected chi connectivity index (χ3v) is 6.26. The molecule has 2 fully saturated rings. The number of benzene rings is 1. The Bertz CT molecular complexity index is 775. The summed E-state index contributed by atoms with van der Waals surface area (Å²) in [5.74, 6) is -2.11. The Labute approximate surface area is 161 Å². The summed E-state index contributed by atoms with van der Waals surface area (Å²) in [6.07, 6.45) is -3.99. The Morgan fingerprint density at radius 1 is 1.25 bits per heavy atom. The molecule has 0 saturated heterocycles. The van der Waals surface area contributed by atoms with E-state index in [1.54, 1.807) is 13.8 Å². The number of rotatable bonds is 6. The van der Waals surface area contributed by atoms with Gasteiger partial charge in [-0.25, -0.2) is 4.79 Å². The number of alkyl halides is 3. The number of halogens is 3. The molecule has 1 aromatic carbocycles. The summed E-state index contributed by atoms with van der Waals surface area (Å²) in [5, 5.41) is 12.5. The number of amides is 1. The van der Waals surface area contributed by atoms with Gasteiger partial charge in [0, 0.05) is 24.4 Å². The van der Waals surface area contributed by atoms with Crippen molar-refractivity contribution in [3.8, 4) is 0 Å². The molecule has 0 radical (unpaired) electrons. The first-order valence-electron chi connectivity index (χ1n) is 9.28. The first kappa shape index (κ1) is 20.6. The molecule has 0 heterocycles. The first-order chi connectivity index (χ1) is 12.9. The van der Waals surface area contributed by atoms with Crippen LogP contribution < -0.4 is 5.32 Å². The molecular formula is C20H24F3NO4. The van der Waals surface area contributed by atoms with Crippen LogP contribution in [0, 0.1) is 11.3 Å². The highest BCUT2D eigenvalue weighted by Crippen LogP contribution is 2.53. The summed E-state index contributed by atoms with van der Waals surface area (Å²) in [7, 11) is 0. The molecule has 1 aromatic rings. The lowest BCUT2D eigenvalue weighted by Gasteiger charge is -2.58. The number of aliphatic carboxylic acids is 1. The lowest BCUT2D eigenvalue weighted by molar-refractivity contribution is -0.194. The van der Waals surface area contributed by atoms with Gasteiger partial charge in [-0.3, -0.25) is 4.79 Å². The van der Waals surface area contributed by atoms with E-state index in [1.807, 2.05) is 6.92 Å². The molecule has 4 unspecified atom stereocenters. The van der Waals surface area contributed by atoms with Crippen molar-refractivity contribution in [3.05, 3.63) is 35.4 Å². The van der Waals surface area contributed by atoms with Gasteiger partial charge in [0.15, 0.2) is 0 Å². The lowest BCUT2D eigenvalue weighted by Crippen LogP contribution is -2.76. The van der Waals surface area contributed by atoms with E-state index in [4.69, 9.17) is 4.74 Å². The fourth-order valence-corrected chi connectivity index (χ4v) is 4.11. The van der Waals surface area contributed by atoms with E-state index in [2.05, 4.69) is 5.32 Å². The van der Waals surface area contributed by atoms with Gasteiger partial charge in [-0.05, 0) is 37.0 Å². The second-order valence-electron chi connectivity index (χ2n) is 8.14. The minimum atomic E-state index is -4.40. The maximum Gasteiger partial charge on any atom is 0.416 e. The van der Waals surface area contributed by atoms with Gasteiger partial charge in [-0.1, -0.05) is 26.0 Å². The fourth-order valence-electron chi connectivity index (χ4n) is 4.11. The van der Waals surface area contributed by atoms with Gasteiger partial charge in [0.05, 0.1) is 11.7 Å². The van der Waals surface area contributed by atoms with Crippen molar-refractivity contribution in [3.63, 3.8) is 0 Å². The fraction of sp³-hybridized carbons (Fsp3) is 0.600. The van der Waals surface area contributed by atoms with Gasteiger partial charge in [0.1, 0.15) is 5.54 Å². The van der Waals surface area contributed by atoms with Crippen molar-refractivity contribution < 1.29 is 32.6 Å². The van der Waals surface area contributed by atoms with Gasteiger partial charge < -0.3 is 15.2 Å². The molecule has 28 heavy (non-hydrogen) atoms. The minimum Gasteiger partial charge on any atom is -0.479 e. The highest BCUT2D eigenvalue weighted by molar-refractivity contribution is 5.92. The third-order valence-electron chi connectivity index (χ3n) is 6.26. The van der Waals surface area contributed by atoms with Crippen LogP contribution in [0.5, 0.6) is 0 Å². The van der Waals surface area contributed by atoms with Crippen LogP contribution in [0.3, 0.4) is 0 Å². The molecule has 3 rings (SSSR count). The molecule has 154 valence electrons. The summed E-state index contributed by atoms with van der Waals surface area (Å²) in [6.45, 7) is 5.79. The van der Waals surface area contributed by atoms with Crippen LogP contribution in [0.25, 0.3) is 0 Å². The van der Waals surface area contributed by atoms with Crippen LogP contribution >= 0.6 is 0 Å². The number of carbonyl (C=O) groups is 2. The number of carboxylic acids is 1. The summed E-state index contributed by atoms with van der Waals surface area (Å²) in [4.78, 5) is 24.6. The normalized spacial score (nSPS) is 31.0. The predicted molar refractivity (Wildman–Crippen MR) is 94.6 cm³/mol. The number of hydrogen-bond acceptors (Lipinski definition) is 3. The van der Waals surface area contributed by atoms with E-state index in [0.717, 1.165) is 12.1 Å². The highest BCUT2D eigenvalue weighted by atomic mass is 19.4. The Morgan fingerprint density at radius 2 is 1.86 bits per heavy atom. The number of ether oxygens (including phenoxy) is 1. The van der Waals surface area contributed by atoms with Crippen molar-refractivity contribution in [1.82, 2.24) is 5.32 Å². The quantitative estimate of drug-likeness (QED) is 0.767. The van der Waals surface area contributed by atoms with E-state index < -0.39 is 34.6 Å². The van der Waals surface area contributed by atoms with E-state index in [1.165, 1.54) is 12.1 Å². The number of carboxylic acid groups (broad SMARTS) is 1. The van der Waals surface area contributed by atoms with E-state index in [9.17, 15) is 27.9 Å². The van der Waals surface area contributed by atoms with Crippen LogP contribution in [0.15, 0.2) is 24.3 Å². The molecule has 8 heteroatoms. The van der Waals surface area contributed by atoms with Crippen molar-refractivity contribution >= 4 is 11.9 Å². The van der Waals surface area contributed by atoms with Crippen molar-refractivity contribution in [2.24, 2.45) is 11.3 Å². The maximum absolute atomic E-state index is 12.7. The summed E-state index contributed by atoms with van der Waals surface area (Å²) in [5.41, 5.74) is -2.26. The smallest absolute Gasteiger partial charge is 0.416 e. The average Bonchev–Trinajstić information content (AvgIpc) is 3.40. The minimum absolute atomic E-state index is 0.187. The Hall–Kier alpha value is -2.09. The van der Waals surface area contributed by atoms with E-state index in [0.29, 0.717) is 18.6 Å². The Morgan fingerprint density at radius 3 is 2.32 bits per heavy atom. The third kappa shape index (κ3) is 3.27. The van der Waals surface area contributed by atoms with E-state index >= 15 is 0 Å². The zero-order valence-electron chi connectivity index (χ0n) is 16.0. The highest BCUT2D eigenvalue weighted by Gasteiger charge is 2.67. The molecule has 5 nitrogen and oxygen atoms in total. The van der Waals surface area contributed by atoms with Gasteiger partial charge in [0.2, 0.25) is 5.91 Å². The van der Waals surface area contributed by atoms with Crippen LogP contribution in [-0.2, 0) is 20.5 Å². The molecule has 0 aromatic heterocycles. The van der Waals surface area contributed by atoms with Crippen LogP contribution in [0.4, 0.5) is 13.2 Å². The molecule has 2 aliphatic rings. The van der Waals surface area contributed by atoms with Gasteiger partial charge >= 0.3 is 12.1 Å². The monoisotopic (exact) mass is 399 g/mol. The van der Waals surface area contributed by atoms with Gasteiger partial charge in [0.25, 0.3) is 0 Å². The standard InChI is InChI=1S/C20H24F3NO4/c1-4-28-15-10-19(17(26)27,18(15,2)3)24-16(25)14-9-13(14)11-5-7-12(8-6-11)20(21,22)23/h5-8,13-15H,4,9-10H2,1-3H3,(H,24,25)(H,26,27). The molecule has 2 aliphatic carbocycles. The topological polar surface area (TPSA) is 75.6 Å². The average molecular weight is 399 g/mol. The first-order valence-corrected chi connectivity index (χ1v) is 9.28. The molecule has 2 saturated carbocycles. The molecular weight excluding hydrogens is 375 g/mol. The SMILES string of the molecule is CCOC1CC(NC(=O)C2CC2c2ccc(C(F)(F)F)cc2)(C(=O)O)C1(C)C. The molecule has 4 atom stereocenters. The maximum atomic E-state index is 12.7.